The Labute approximate surface area is 116 Å². The zero-order chi connectivity index (χ0) is 14.9. The lowest BCUT2D eigenvalue weighted by Crippen LogP contribution is -2.42. The van der Waals surface area contributed by atoms with E-state index in [1.54, 1.807) is 0 Å². The van der Waals surface area contributed by atoms with Gasteiger partial charge in [0.25, 0.3) is 0 Å². The van der Waals surface area contributed by atoms with Gasteiger partial charge in [-0.05, 0) is 38.9 Å². The van der Waals surface area contributed by atoms with Crippen LogP contribution in [0, 0.1) is 0 Å². The number of pyridine rings is 1. The van der Waals surface area contributed by atoms with Gasteiger partial charge in [-0.2, -0.15) is 13.2 Å². The predicted octanol–water partition coefficient (Wildman–Crippen LogP) is 2.58. The number of halogens is 3. The van der Waals surface area contributed by atoms with E-state index in [1.807, 2.05) is 7.05 Å². The molecule has 3 N–H and O–H groups in total. The van der Waals surface area contributed by atoms with Crippen LogP contribution in [-0.2, 0) is 6.18 Å². The lowest BCUT2D eigenvalue weighted by molar-refractivity contribution is -0.137. The minimum absolute atomic E-state index is 0.122. The quantitative estimate of drug-likeness (QED) is 0.878. The molecule has 1 fully saturated rings. The van der Waals surface area contributed by atoms with Crippen molar-refractivity contribution in [2.24, 2.45) is 0 Å². The van der Waals surface area contributed by atoms with Crippen molar-refractivity contribution in [1.29, 1.82) is 0 Å². The minimum atomic E-state index is -4.41. The summed E-state index contributed by atoms with van der Waals surface area (Å²) in [5.74, 6) is 0.0716. The summed E-state index contributed by atoms with van der Waals surface area (Å²) >= 11 is 0. The van der Waals surface area contributed by atoms with Crippen LogP contribution in [0.5, 0.6) is 0 Å². The topological polar surface area (TPSA) is 54.2 Å². The van der Waals surface area contributed by atoms with Crippen LogP contribution in [0.4, 0.5) is 24.8 Å². The van der Waals surface area contributed by atoms with E-state index < -0.39 is 11.7 Å². The van der Waals surface area contributed by atoms with Crippen LogP contribution in [0.15, 0.2) is 12.1 Å². The number of hydrogen-bond acceptors (Lipinski definition) is 4. The molecular formula is C13H19F3N4. The first-order chi connectivity index (χ1) is 9.25. The maximum absolute atomic E-state index is 12.7. The smallest absolute Gasteiger partial charge is 0.384 e. The molecule has 1 saturated heterocycles. The summed E-state index contributed by atoms with van der Waals surface area (Å²) in [5.41, 5.74) is 4.68. The van der Waals surface area contributed by atoms with E-state index in [9.17, 15) is 13.2 Å². The van der Waals surface area contributed by atoms with Crippen LogP contribution in [0.2, 0.25) is 0 Å². The van der Waals surface area contributed by atoms with Crippen molar-refractivity contribution in [3.8, 4) is 0 Å². The summed E-state index contributed by atoms with van der Waals surface area (Å²) in [6.07, 6.45) is -2.67. The molecule has 1 aromatic rings. The average Bonchev–Trinajstić information content (AvgIpc) is 2.32. The lowest BCUT2D eigenvalue weighted by Gasteiger charge is -2.35. The molecule has 4 nitrogen and oxygen atoms in total. The number of nitrogens with zero attached hydrogens (tertiary/aromatic N) is 2. The Morgan fingerprint density at radius 2 is 2.10 bits per heavy atom. The van der Waals surface area contributed by atoms with Gasteiger partial charge in [-0.1, -0.05) is 0 Å². The first-order valence-electron chi connectivity index (χ1n) is 6.57. The second-order valence-corrected chi connectivity index (χ2v) is 5.36. The largest absolute Gasteiger partial charge is 0.416 e. The fourth-order valence-electron chi connectivity index (χ4n) is 2.42. The molecule has 2 unspecified atom stereocenters. The van der Waals surface area contributed by atoms with E-state index in [0.29, 0.717) is 6.04 Å². The van der Waals surface area contributed by atoms with E-state index in [4.69, 9.17) is 5.73 Å². The Bertz CT molecular complexity index is 475. The SMILES string of the molecule is CC1CC(Nc2cc(C(F)(F)F)cc(N)n2)CCN1C. The number of likely N-dealkylation sites (tertiary alicyclic amines) is 1. The molecule has 0 bridgehead atoms. The molecular weight excluding hydrogens is 269 g/mol. The first kappa shape index (κ1) is 14.9. The third kappa shape index (κ3) is 3.53. The molecule has 0 saturated carbocycles. The van der Waals surface area contributed by atoms with E-state index in [0.717, 1.165) is 31.5 Å². The molecule has 0 radical (unpaired) electrons. The third-order valence-electron chi connectivity index (χ3n) is 3.73. The average molecular weight is 288 g/mol. The number of nitrogen functional groups attached to an aromatic ring is 1. The van der Waals surface area contributed by atoms with Gasteiger partial charge in [0.2, 0.25) is 0 Å². The lowest BCUT2D eigenvalue weighted by atomic mass is 9.99. The van der Waals surface area contributed by atoms with E-state index >= 15 is 0 Å². The summed E-state index contributed by atoms with van der Waals surface area (Å²) in [5, 5.41) is 3.07. The molecule has 0 aliphatic carbocycles. The first-order valence-corrected chi connectivity index (χ1v) is 6.57. The highest BCUT2D eigenvalue weighted by Gasteiger charge is 2.32. The predicted molar refractivity (Wildman–Crippen MR) is 72.4 cm³/mol. The number of hydrogen-bond donors (Lipinski definition) is 2. The van der Waals surface area contributed by atoms with Crippen molar-refractivity contribution in [3.05, 3.63) is 17.7 Å². The molecule has 2 atom stereocenters. The van der Waals surface area contributed by atoms with Crippen LogP contribution in [-0.4, -0.2) is 35.6 Å². The van der Waals surface area contributed by atoms with Crippen molar-refractivity contribution in [2.45, 2.75) is 38.0 Å². The fourth-order valence-corrected chi connectivity index (χ4v) is 2.42. The standard InChI is InChI=1S/C13H19F3N4/c1-8-5-10(3-4-20(8)2)18-12-7-9(13(14,15)16)6-11(17)19-12/h6-8,10H,3-5H2,1-2H3,(H3,17,18,19). The van der Waals surface area contributed by atoms with Crippen molar-refractivity contribution in [2.75, 3.05) is 24.6 Å². The molecule has 1 aliphatic rings. The molecule has 0 amide bonds. The van der Waals surface area contributed by atoms with E-state index in [1.165, 1.54) is 0 Å². The van der Waals surface area contributed by atoms with Crippen molar-refractivity contribution < 1.29 is 13.2 Å². The molecule has 0 aromatic carbocycles. The molecule has 1 aromatic heterocycles. The molecule has 2 heterocycles. The summed E-state index contributed by atoms with van der Waals surface area (Å²) < 4.78 is 38.2. The van der Waals surface area contributed by atoms with Gasteiger partial charge in [-0.15, -0.1) is 0 Å². The van der Waals surface area contributed by atoms with Crippen molar-refractivity contribution in [1.82, 2.24) is 9.88 Å². The molecule has 1 aliphatic heterocycles. The normalized spacial score (nSPS) is 24.6. The fraction of sp³-hybridized carbons (Fsp3) is 0.615. The Kier molecular flexibility index (Phi) is 4.08. The summed E-state index contributed by atoms with van der Waals surface area (Å²) in [7, 11) is 2.04. The summed E-state index contributed by atoms with van der Waals surface area (Å²) in [6.45, 7) is 3.01. The number of piperidine rings is 1. The number of rotatable bonds is 2. The summed E-state index contributed by atoms with van der Waals surface area (Å²) in [4.78, 5) is 6.17. The summed E-state index contributed by atoms with van der Waals surface area (Å²) in [6, 6.07) is 2.38. The molecule has 112 valence electrons. The Balaban J connectivity index is 2.12. The van der Waals surface area contributed by atoms with Gasteiger partial charge >= 0.3 is 6.18 Å². The highest BCUT2D eigenvalue weighted by molar-refractivity contribution is 5.48. The van der Waals surface area contributed by atoms with Crippen molar-refractivity contribution in [3.63, 3.8) is 0 Å². The van der Waals surface area contributed by atoms with Gasteiger partial charge < -0.3 is 16.0 Å². The second-order valence-electron chi connectivity index (χ2n) is 5.36. The maximum Gasteiger partial charge on any atom is 0.416 e. The Hall–Kier alpha value is -1.50. The van der Waals surface area contributed by atoms with Crippen LogP contribution >= 0.6 is 0 Å². The number of anilines is 2. The van der Waals surface area contributed by atoms with E-state index in [-0.39, 0.29) is 17.7 Å². The van der Waals surface area contributed by atoms with Gasteiger partial charge in [0, 0.05) is 18.6 Å². The van der Waals surface area contributed by atoms with Gasteiger partial charge in [-0.25, -0.2) is 4.98 Å². The zero-order valence-electron chi connectivity index (χ0n) is 11.5. The van der Waals surface area contributed by atoms with E-state index in [2.05, 4.69) is 22.1 Å². The van der Waals surface area contributed by atoms with Crippen LogP contribution in [0.1, 0.15) is 25.3 Å². The monoisotopic (exact) mass is 288 g/mol. The highest BCUT2D eigenvalue weighted by Crippen LogP contribution is 2.32. The molecule has 2 rings (SSSR count). The third-order valence-corrected chi connectivity index (χ3v) is 3.73. The Morgan fingerprint density at radius 3 is 2.70 bits per heavy atom. The molecule has 20 heavy (non-hydrogen) atoms. The number of alkyl halides is 3. The zero-order valence-corrected chi connectivity index (χ0v) is 11.5. The minimum Gasteiger partial charge on any atom is -0.384 e. The van der Waals surface area contributed by atoms with Gasteiger partial charge in [0.05, 0.1) is 5.56 Å². The van der Waals surface area contributed by atoms with Crippen LogP contribution in [0.3, 0.4) is 0 Å². The van der Waals surface area contributed by atoms with Crippen molar-refractivity contribution >= 4 is 11.6 Å². The van der Waals surface area contributed by atoms with Crippen LogP contribution in [0.25, 0.3) is 0 Å². The van der Waals surface area contributed by atoms with Crippen LogP contribution < -0.4 is 11.1 Å². The van der Waals surface area contributed by atoms with Gasteiger partial charge in [0.1, 0.15) is 11.6 Å². The number of nitrogens with one attached hydrogen (secondary N) is 1. The highest BCUT2D eigenvalue weighted by atomic mass is 19.4. The molecule has 7 heteroatoms. The maximum atomic E-state index is 12.7. The second kappa shape index (κ2) is 5.47. The van der Waals surface area contributed by atoms with Gasteiger partial charge in [0.15, 0.2) is 0 Å². The molecule has 0 spiro atoms. The van der Waals surface area contributed by atoms with Gasteiger partial charge in [-0.3, -0.25) is 0 Å². The Morgan fingerprint density at radius 1 is 1.40 bits per heavy atom. The number of aromatic nitrogens is 1. The number of nitrogens with two attached hydrogens (primary N) is 1.